The van der Waals surface area contributed by atoms with Crippen LogP contribution in [0.3, 0.4) is 0 Å². The van der Waals surface area contributed by atoms with Crippen LogP contribution in [0.5, 0.6) is 0 Å². The average molecular weight is 752 g/mol. The van der Waals surface area contributed by atoms with Gasteiger partial charge in [-0.05, 0) is 138 Å². The summed E-state index contributed by atoms with van der Waals surface area (Å²) in [7, 11) is -3.49. The first-order valence-electron chi connectivity index (χ1n) is 21.2. The highest BCUT2D eigenvalue weighted by molar-refractivity contribution is 7.52. The SMILES string of the molecule is CCP(=O)(O)OCCOC(C)(C)CCOC(C)(C)CCCNC(=O)OC1CCC2(C)C(=CCC3C2CCC2(C)C(C(C)CCCC(C)C)CCC32)C1. The minimum atomic E-state index is -3.49. The Kier molecular flexibility index (Phi) is 15.5. The number of fused-ring (bicyclic) bond motifs is 5. The van der Waals surface area contributed by atoms with Crippen molar-refractivity contribution in [1.82, 2.24) is 5.32 Å². The zero-order valence-electron chi connectivity index (χ0n) is 34.9. The van der Waals surface area contributed by atoms with E-state index in [1.54, 1.807) is 12.5 Å². The number of nitrogens with one attached hydrogen (secondary N) is 1. The number of allylic oxidation sites excluding steroid dienone is 1. The first kappa shape index (κ1) is 43.8. The van der Waals surface area contributed by atoms with E-state index in [1.807, 2.05) is 13.8 Å². The van der Waals surface area contributed by atoms with Gasteiger partial charge in [-0.25, -0.2) is 4.79 Å². The fourth-order valence-electron chi connectivity index (χ4n) is 11.0. The van der Waals surface area contributed by atoms with Crippen molar-refractivity contribution in [3.63, 3.8) is 0 Å². The van der Waals surface area contributed by atoms with Crippen molar-refractivity contribution in [3.8, 4) is 0 Å². The molecule has 2 N–H and O–H groups in total. The first-order chi connectivity index (χ1) is 24.3. The van der Waals surface area contributed by atoms with Gasteiger partial charge >= 0.3 is 13.7 Å². The predicted molar refractivity (Wildman–Crippen MR) is 212 cm³/mol. The summed E-state index contributed by atoms with van der Waals surface area (Å²) >= 11 is 0. The molecule has 9 unspecified atom stereocenters. The molecule has 9 heteroatoms. The number of carbonyl (C=O) groups excluding carboxylic acids is 1. The summed E-state index contributed by atoms with van der Waals surface area (Å²) in [6.07, 6.45) is 18.6. The van der Waals surface area contributed by atoms with Gasteiger partial charge in [0.05, 0.1) is 31.0 Å². The number of rotatable bonds is 20. The quantitative estimate of drug-likeness (QED) is 0.0725. The number of hydrogen-bond donors (Lipinski definition) is 2. The smallest absolute Gasteiger partial charge is 0.407 e. The van der Waals surface area contributed by atoms with Crippen LogP contribution >= 0.6 is 7.60 Å². The van der Waals surface area contributed by atoms with Crippen molar-refractivity contribution in [2.45, 2.75) is 176 Å². The summed E-state index contributed by atoms with van der Waals surface area (Å²) in [5.41, 5.74) is 1.55. The van der Waals surface area contributed by atoms with E-state index < -0.39 is 13.2 Å². The molecular formula is C43H78NO7P. The Balaban J connectivity index is 1.16. The molecule has 4 aliphatic rings. The third kappa shape index (κ3) is 11.6. The summed E-state index contributed by atoms with van der Waals surface area (Å²) in [5, 5.41) is 3.01. The Hall–Kier alpha value is -0.920. The van der Waals surface area contributed by atoms with Gasteiger partial charge in [0.25, 0.3) is 0 Å². The van der Waals surface area contributed by atoms with E-state index in [9.17, 15) is 14.3 Å². The lowest BCUT2D eigenvalue weighted by Crippen LogP contribution is -2.51. The van der Waals surface area contributed by atoms with Crippen LogP contribution in [0.25, 0.3) is 0 Å². The highest BCUT2D eigenvalue weighted by Gasteiger charge is 2.59. The predicted octanol–water partition coefficient (Wildman–Crippen LogP) is 11.1. The molecule has 52 heavy (non-hydrogen) atoms. The van der Waals surface area contributed by atoms with E-state index in [2.05, 4.69) is 59.9 Å². The monoisotopic (exact) mass is 752 g/mol. The number of alkyl carbamates (subject to hydrolysis) is 1. The van der Waals surface area contributed by atoms with Crippen LogP contribution in [-0.4, -0.2) is 60.8 Å². The number of hydrogen-bond acceptors (Lipinski definition) is 6. The number of amides is 1. The van der Waals surface area contributed by atoms with Gasteiger partial charge in [-0.2, -0.15) is 0 Å². The van der Waals surface area contributed by atoms with E-state index in [0.717, 1.165) is 67.6 Å². The molecular weight excluding hydrogens is 673 g/mol. The summed E-state index contributed by atoms with van der Waals surface area (Å²) in [4.78, 5) is 22.4. The summed E-state index contributed by atoms with van der Waals surface area (Å²) < 4.78 is 34.7. The lowest BCUT2D eigenvalue weighted by Gasteiger charge is -2.58. The Morgan fingerprint density at radius 1 is 0.942 bits per heavy atom. The molecule has 0 aromatic rings. The third-order valence-corrected chi connectivity index (χ3v) is 15.6. The molecule has 3 fully saturated rings. The molecule has 302 valence electrons. The van der Waals surface area contributed by atoms with Crippen molar-refractivity contribution >= 4 is 13.7 Å². The molecule has 0 saturated heterocycles. The Bertz CT molecular complexity index is 1230. The maximum absolute atomic E-state index is 12.9. The number of ether oxygens (including phenoxy) is 3. The van der Waals surface area contributed by atoms with E-state index in [0.29, 0.717) is 25.0 Å². The Morgan fingerprint density at radius 2 is 1.65 bits per heavy atom. The van der Waals surface area contributed by atoms with Crippen LogP contribution in [0.1, 0.15) is 159 Å². The molecule has 0 spiro atoms. The second-order valence-corrected chi connectivity index (χ2v) is 21.5. The molecule has 3 saturated carbocycles. The summed E-state index contributed by atoms with van der Waals surface area (Å²) in [6.45, 7) is 23.7. The van der Waals surface area contributed by atoms with Gasteiger partial charge in [-0.1, -0.05) is 72.5 Å². The van der Waals surface area contributed by atoms with Crippen molar-refractivity contribution in [2.24, 2.45) is 46.3 Å². The van der Waals surface area contributed by atoms with Crippen LogP contribution in [0, 0.1) is 46.3 Å². The fourth-order valence-corrected chi connectivity index (χ4v) is 11.5. The summed E-state index contributed by atoms with van der Waals surface area (Å²) in [6, 6.07) is 0. The van der Waals surface area contributed by atoms with Crippen molar-refractivity contribution in [3.05, 3.63) is 11.6 Å². The zero-order valence-corrected chi connectivity index (χ0v) is 35.8. The molecule has 4 aliphatic carbocycles. The van der Waals surface area contributed by atoms with Crippen molar-refractivity contribution < 1.29 is 33.0 Å². The van der Waals surface area contributed by atoms with Gasteiger partial charge in [0.1, 0.15) is 6.10 Å². The van der Waals surface area contributed by atoms with Gasteiger partial charge in [0, 0.05) is 19.1 Å². The molecule has 0 aromatic heterocycles. The lowest BCUT2D eigenvalue weighted by molar-refractivity contribution is -0.0793. The van der Waals surface area contributed by atoms with E-state index in [1.165, 1.54) is 51.4 Å². The van der Waals surface area contributed by atoms with Crippen LogP contribution in [0.15, 0.2) is 11.6 Å². The second kappa shape index (κ2) is 18.4. The maximum atomic E-state index is 12.9. The number of carbonyl (C=O) groups is 1. The minimum absolute atomic E-state index is 0.0380. The molecule has 0 bridgehead atoms. The third-order valence-electron chi connectivity index (χ3n) is 14.2. The maximum Gasteiger partial charge on any atom is 0.407 e. The van der Waals surface area contributed by atoms with Gasteiger partial charge in [-0.15, -0.1) is 0 Å². The standard InChI is InChI=1S/C43H78NO7P/c1-11-52(46,47)50-29-28-49-41(7,8)25-27-48-40(5,6)22-13-26-44-39(45)51-34-20-23-42(9)33(30-34)16-17-35-37-19-18-36(32(4)15-12-14-31(2)3)43(37,10)24-21-38(35)42/h16,31-32,34-38H,11-15,17-30H2,1-10H3,(H,44,45)(H,46,47). The van der Waals surface area contributed by atoms with Crippen LogP contribution in [-0.2, 0) is 23.3 Å². The molecule has 0 heterocycles. The topological polar surface area (TPSA) is 103 Å². The highest BCUT2D eigenvalue weighted by atomic mass is 31.2. The first-order valence-corrected chi connectivity index (χ1v) is 23.0. The molecule has 1 amide bonds. The Morgan fingerprint density at radius 3 is 2.37 bits per heavy atom. The molecule has 0 aliphatic heterocycles. The van der Waals surface area contributed by atoms with Crippen LogP contribution < -0.4 is 5.32 Å². The normalized spacial score (nSPS) is 32.3. The largest absolute Gasteiger partial charge is 0.446 e. The van der Waals surface area contributed by atoms with Crippen LogP contribution in [0.2, 0.25) is 0 Å². The van der Waals surface area contributed by atoms with Crippen LogP contribution in [0.4, 0.5) is 4.79 Å². The average Bonchev–Trinajstić information content (AvgIpc) is 3.42. The second-order valence-electron chi connectivity index (χ2n) is 19.3. The van der Waals surface area contributed by atoms with E-state index >= 15 is 0 Å². The lowest BCUT2D eigenvalue weighted by atomic mass is 9.47. The van der Waals surface area contributed by atoms with Crippen molar-refractivity contribution in [1.29, 1.82) is 0 Å². The fraction of sp³-hybridized carbons (Fsp3) is 0.930. The zero-order chi connectivity index (χ0) is 38.4. The molecule has 8 nitrogen and oxygen atoms in total. The van der Waals surface area contributed by atoms with E-state index in [4.69, 9.17) is 18.7 Å². The van der Waals surface area contributed by atoms with Gasteiger partial charge < -0.3 is 28.9 Å². The van der Waals surface area contributed by atoms with Crippen molar-refractivity contribution in [2.75, 3.05) is 32.5 Å². The minimum Gasteiger partial charge on any atom is -0.446 e. The molecule has 4 rings (SSSR count). The Labute approximate surface area is 318 Å². The highest BCUT2D eigenvalue weighted by Crippen LogP contribution is 2.67. The summed E-state index contributed by atoms with van der Waals surface area (Å²) in [5.74, 6) is 4.99. The molecule has 0 aromatic carbocycles. The van der Waals surface area contributed by atoms with Gasteiger partial charge in [-0.3, -0.25) is 4.57 Å². The van der Waals surface area contributed by atoms with E-state index in [-0.39, 0.29) is 42.6 Å². The molecule has 9 atom stereocenters. The molecule has 0 radical (unpaired) electrons. The van der Waals surface area contributed by atoms with Gasteiger partial charge in [0.2, 0.25) is 0 Å². The van der Waals surface area contributed by atoms with Gasteiger partial charge in [0.15, 0.2) is 0 Å².